The average molecular weight is 351 g/mol. The van der Waals surface area contributed by atoms with Gasteiger partial charge in [0.2, 0.25) is 17.5 Å². The molecule has 3 rings (SSSR count). The molecule has 1 amide bonds. The maximum absolute atomic E-state index is 13.3. The van der Waals surface area contributed by atoms with Gasteiger partial charge in [0.15, 0.2) is 5.54 Å². The number of nitrogens with one attached hydrogen (secondary N) is 1. The highest BCUT2D eigenvalue weighted by Gasteiger charge is 2.56. The van der Waals surface area contributed by atoms with E-state index < -0.39 is 23.0 Å². The fraction of sp³-hybridized carbons (Fsp3) is 0.286. The molecule has 0 heterocycles. The molecule has 2 aromatic rings. The molecule has 0 saturated heterocycles. The monoisotopic (exact) mass is 351 g/mol. The van der Waals surface area contributed by atoms with Gasteiger partial charge in [0, 0.05) is 23.6 Å². The van der Waals surface area contributed by atoms with E-state index in [2.05, 4.69) is 5.32 Å². The van der Waals surface area contributed by atoms with E-state index in [-0.39, 0.29) is 5.92 Å². The molecule has 0 fully saturated rings. The fourth-order valence-electron chi connectivity index (χ4n) is 3.45. The second kappa shape index (κ2) is 6.41. The van der Waals surface area contributed by atoms with Crippen molar-refractivity contribution in [2.75, 3.05) is 7.11 Å². The van der Waals surface area contributed by atoms with Gasteiger partial charge in [0.05, 0.1) is 7.11 Å². The molecule has 0 unspecified atom stereocenters. The summed E-state index contributed by atoms with van der Waals surface area (Å²) in [7, 11) is 1.49. The maximum atomic E-state index is 13.3. The fourth-order valence-corrected chi connectivity index (χ4v) is 3.45. The smallest absolute Gasteiger partial charge is 0.218 e. The summed E-state index contributed by atoms with van der Waals surface area (Å²) >= 11 is 0. The minimum atomic E-state index is -1.80. The molecule has 0 bridgehead atoms. The largest absolute Gasteiger partial charge is 0.496 e. The van der Waals surface area contributed by atoms with Crippen LogP contribution in [-0.2, 0) is 10.3 Å². The molecular weight excluding hydrogens is 330 g/mol. The number of carbonyl (C=O) groups excluding carboxylic acids is 3. The van der Waals surface area contributed by atoms with E-state index in [1.165, 1.54) is 14.0 Å². The summed E-state index contributed by atoms with van der Waals surface area (Å²) < 4.78 is 5.49. The molecule has 134 valence electrons. The van der Waals surface area contributed by atoms with Gasteiger partial charge >= 0.3 is 0 Å². The number of fused-ring (bicyclic) bond motifs is 1. The molecule has 0 spiro atoms. The number of Topliss-reactive ketones (excluding diaryl/α,β-unsaturated/α-hetero) is 2. The summed E-state index contributed by atoms with van der Waals surface area (Å²) in [4.78, 5) is 38.5. The van der Waals surface area contributed by atoms with Crippen LogP contribution in [0.15, 0.2) is 42.5 Å². The standard InChI is InChI=1S/C21H21NO4/c1-12(2)14-9-10-17(18(11-14)26-4)21(22-13(3)23)19(24)15-7-5-6-8-16(15)20(21)25/h5-12H,1-4H3,(H,22,23). The van der Waals surface area contributed by atoms with Crippen molar-refractivity contribution in [1.29, 1.82) is 0 Å². The Morgan fingerprint density at radius 1 is 1.04 bits per heavy atom. The van der Waals surface area contributed by atoms with Crippen molar-refractivity contribution in [1.82, 2.24) is 5.32 Å². The molecule has 0 saturated carbocycles. The van der Waals surface area contributed by atoms with Crippen LogP contribution < -0.4 is 10.1 Å². The van der Waals surface area contributed by atoms with E-state index in [4.69, 9.17) is 4.74 Å². The Morgan fingerprint density at radius 2 is 1.62 bits per heavy atom. The van der Waals surface area contributed by atoms with E-state index in [1.807, 2.05) is 26.0 Å². The van der Waals surface area contributed by atoms with E-state index in [0.29, 0.717) is 22.4 Å². The van der Waals surface area contributed by atoms with Crippen molar-refractivity contribution in [3.05, 3.63) is 64.7 Å². The van der Waals surface area contributed by atoms with Crippen LogP contribution in [0.25, 0.3) is 0 Å². The number of ketones is 2. The van der Waals surface area contributed by atoms with E-state index >= 15 is 0 Å². The molecule has 2 aromatic carbocycles. The van der Waals surface area contributed by atoms with Crippen LogP contribution in [0.2, 0.25) is 0 Å². The average Bonchev–Trinajstić information content (AvgIpc) is 2.83. The third-order valence-electron chi connectivity index (χ3n) is 4.76. The van der Waals surface area contributed by atoms with Crippen LogP contribution in [0, 0.1) is 0 Å². The summed E-state index contributed by atoms with van der Waals surface area (Å²) in [6, 6.07) is 12.0. The van der Waals surface area contributed by atoms with Gasteiger partial charge in [-0.1, -0.05) is 50.2 Å². The van der Waals surface area contributed by atoms with Crippen molar-refractivity contribution in [3.8, 4) is 5.75 Å². The van der Waals surface area contributed by atoms with E-state index in [0.717, 1.165) is 5.56 Å². The van der Waals surface area contributed by atoms with Gasteiger partial charge in [-0.15, -0.1) is 0 Å². The summed E-state index contributed by atoms with van der Waals surface area (Å²) in [5.41, 5.74) is 0.184. The SMILES string of the molecule is COc1cc(C(C)C)ccc1C1(NC(C)=O)C(=O)c2ccccc2C1=O. The van der Waals surface area contributed by atoms with Crippen molar-refractivity contribution >= 4 is 17.5 Å². The van der Waals surface area contributed by atoms with Gasteiger partial charge in [0.1, 0.15) is 5.75 Å². The predicted octanol–water partition coefficient (Wildman–Crippen LogP) is 3.23. The lowest BCUT2D eigenvalue weighted by atomic mass is 9.83. The Hall–Kier alpha value is -2.95. The Balaban J connectivity index is 2.28. The van der Waals surface area contributed by atoms with Crippen molar-refractivity contribution in [3.63, 3.8) is 0 Å². The lowest BCUT2D eigenvalue weighted by Crippen LogP contribution is -2.53. The van der Waals surface area contributed by atoms with Crippen LogP contribution in [0.3, 0.4) is 0 Å². The first-order valence-electron chi connectivity index (χ1n) is 8.48. The first kappa shape index (κ1) is 17.9. The number of hydrogen-bond donors (Lipinski definition) is 1. The summed E-state index contributed by atoms with van der Waals surface area (Å²) in [5.74, 6) is -0.691. The van der Waals surface area contributed by atoms with E-state index in [1.54, 1.807) is 30.3 Å². The second-order valence-electron chi connectivity index (χ2n) is 6.75. The highest BCUT2D eigenvalue weighted by atomic mass is 16.5. The van der Waals surface area contributed by atoms with Crippen molar-refractivity contribution in [2.24, 2.45) is 0 Å². The molecule has 0 aliphatic heterocycles. The maximum Gasteiger partial charge on any atom is 0.218 e. The predicted molar refractivity (Wildman–Crippen MR) is 97.7 cm³/mol. The highest BCUT2D eigenvalue weighted by Crippen LogP contribution is 2.42. The minimum absolute atomic E-state index is 0.252. The summed E-state index contributed by atoms with van der Waals surface area (Å²) in [6.07, 6.45) is 0. The van der Waals surface area contributed by atoms with Crippen LogP contribution in [-0.4, -0.2) is 24.6 Å². The number of ether oxygens (including phenoxy) is 1. The Kier molecular flexibility index (Phi) is 4.40. The highest BCUT2D eigenvalue weighted by molar-refractivity contribution is 6.34. The molecule has 5 nitrogen and oxygen atoms in total. The third kappa shape index (κ3) is 2.51. The number of rotatable bonds is 4. The molecule has 5 heteroatoms. The first-order valence-corrected chi connectivity index (χ1v) is 8.48. The summed E-state index contributed by atoms with van der Waals surface area (Å²) in [5, 5.41) is 2.62. The molecular formula is C21H21NO4. The van der Waals surface area contributed by atoms with Crippen LogP contribution in [0.4, 0.5) is 0 Å². The molecule has 0 atom stereocenters. The zero-order chi connectivity index (χ0) is 19.1. The number of benzene rings is 2. The van der Waals surface area contributed by atoms with Gasteiger partial charge < -0.3 is 10.1 Å². The molecule has 1 aliphatic carbocycles. The van der Waals surface area contributed by atoms with Crippen LogP contribution >= 0.6 is 0 Å². The van der Waals surface area contributed by atoms with E-state index in [9.17, 15) is 14.4 Å². The molecule has 0 aromatic heterocycles. The third-order valence-corrected chi connectivity index (χ3v) is 4.76. The molecule has 26 heavy (non-hydrogen) atoms. The lowest BCUT2D eigenvalue weighted by molar-refractivity contribution is -0.120. The molecule has 0 radical (unpaired) electrons. The van der Waals surface area contributed by atoms with Gasteiger partial charge in [-0.25, -0.2) is 0 Å². The van der Waals surface area contributed by atoms with Gasteiger partial charge in [-0.2, -0.15) is 0 Å². The quantitative estimate of drug-likeness (QED) is 0.859. The Bertz CT molecular complexity index is 879. The van der Waals surface area contributed by atoms with Crippen LogP contribution in [0.1, 0.15) is 58.5 Å². The topological polar surface area (TPSA) is 72.5 Å². The minimum Gasteiger partial charge on any atom is -0.496 e. The van der Waals surface area contributed by atoms with Gasteiger partial charge in [0.25, 0.3) is 0 Å². The number of methoxy groups -OCH3 is 1. The van der Waals surface area contributed by atoms with Crippen molar-refractivity contribution in [2.45, 2.75) is 32.2 Å². The lowest BCUT2D eigenvalue weighted by Gasteiger charge is -2.29. The number of hydrogen-bond acceptors (Lipinski definition) is 4. The first-order chi connectivity index (χ1) is 12.3. The van der Waals surface area contributed by atoms with Crippen molar-refractivity contribution < 1.29 is 19.1 Å². The van der Waals surface area contributed by atoms with Gasteiger partial charge in [-0.05, 0) is 17.5 Å². The second-order valence-corrected chi connectivity index (χ2v) is 6.75. The normalized spacial score (nSPS) is 15.1. The molecule has 1 N–H and O–H groups in total. The number of carbonyl (C=O) groups is 3. The van der Waals surface area contributed by atoms with Gasteiger partial charge in [-0.3, -0.25) is 14.4 Å². The molecule has 1 aliphatic rings. The number of amides is 1. The summed E-state index contributed by atoms with van der Waals surface area (Å²) in [6.45, 7) is 5.37. The van der Waals surface area contributed by atoms with Crippen LogP contribution in [0.5, 0.6) is 5.75 Å². The Morgan fingerprint density at radius 3 is 2.08 bits per heavy atom. The zero-order valence-corrected chi connectivity index (χ0v) is 15.3. The zero-order valence-electron chi connectivity index (χ0n) is 15.3. The Labute approximate surface area is 152 Å².